The van der Waals surface area contributed by atoms with Crippen LogP contribution in [0, 0.1) is 13.8 Å². The van der Waals surface area contributed by atoms with Gasteiger partial charge in [-0.2, -0.15) is 0 Å². The molecule has 1 aromatic heterocycles. The number of carbonyl (C=O) groups is 1. The molecule has 9 heteroatoms. The van der Waals surface area contributed by atoms with Gasteiger partial charge in [0.25, 0.3) is 15.9 Å². The number of sulfonamides is 1. The fourth-order valence-corrected chi connectivity index (χ4v) is 4.51. The van der Waals surface area contributed by atoms with Crippen LogP contribution in [0.5, 0.6) is 5.75 Å². The standard InChI is InChI=1S/C27H26N4O4S/c1-19-18-20(2)29-27(28-19)31-36(33,34)23-14-12-22(13-15-23)30-26(32)24-10-6-7-11-25(24)35-17-16-21-8-4-3-5-9-21/h3-15,18H,16-17H2,1-2H3,(H,30,32)(H,28,29,31). The number of para-hydroxylation sites is 1. The molecule has 0 aliphatic heterocycles. The van der Waals surface area contributed by atoms with Gasteiger partial charge in [-0.3, -0.25) is 4.79 Å². The van der Waals surface area contributed by atoms with Crippen LogP contribution in [0.1, 0.15) is 27.3 Å². The van der Waals surface area contributed by atoms with Crippen molar-refractivity contribution in [3.63, 3.8) is 0 Å². The van der Waals surface area contributed by atoms with Crippen LogP contribution in [-0.2, 0) is 16.4 Å². The molecule has 3 aromatic carbocycles. The minimum atomic E-state index is -3.89. The maximum Gasteiger partial charge on any atom is 0.264 e. The molecule has 0 saturated carbocycles. The van der Waals surface area contributed by atoms with Crippen LogP contribution in [0.3, 0.4) is 0 Å². The first-order valence-electron chi connectivity index (χ1n) is 11.3. The van der Waals surface area contributed by atoms with Gasteiger partial charge in [0.2, 0.25) is 5.95 Å². The zero-order valence-corrected chi connectivity index (χ0v) is 20.7. The van der Waals surface area contributed by atoms with Crippen molar-refractivity contribution < 1.29 is 17.9 Å². The Balaban J connectivity index is 1.41. The number of amides is 1. The van der Waals surface area contributed by atoms with E-state index >= 15 is 0 Å². The van der Waals surface area contributed by atoms with E-state index in [9.17, 15) is 13.2 Å². The summed E-state index contributed by atoms with van der Waals surface area (Å²) in [7, 11) is -3.89. The minimum absolute atomic E-state index is 0.00810. The van der Waals surface area contributed by atoms with Gasteiger partial charge in [-0.1, -0.05) is 42.5 Å². The van der Waals surface area contributed by atoms with E-state index in [2.05, 4.69) is 20.0 Å². The second-order valence-electron chi connectivity index (χ2n) is 8.14. The average molecular weight is 503 g/mol. The molecule has 0 bridgehead atoms. The lowest BCUT2D eigenvalue weighted by molar-refractivity contribution is 0.102. The highest BCUT2D eigenvalue weighted by Crippen LogP contribution is 2.22. The molecule has 0 spiro atoms. The molecule has 0 aliphatic carbocycles. The van der Waals surface area contributed by atoms with Crippen LogP contribution >= 0.6 is 0 Å². The van der Waals surface area contributed by atoms with Gasteiger partial charge in [-0.25, -0.2) is 23.1 Å². The summed E-state index contributed by atoms with van der Waals surface area (Å²) in [6.07, 6.45) is 0.716. The Hall–Kier alpha value is -4.24. The Morgan fingerprint density at radius 2 is 1.50 bits per heavy atom. The third-order valence-corrected chi connectivity index (χ3v) is 6.60. The number of nitrogens with zero attached hydrogens (tertiary/aromatic N) is 2. The monoisotopic (exact) mass is 502 g/mol. The lowest BCUT2D eigenvalue weighted by Crippen LogP contribution is -2.16. The Morgan fingerprint density at radius 1 is 0.861 bits per heavy atom. The molecule has 0 unspecified atom stereocenters. The molecule has 0 saturated heterocycles. The summed E-state index contributed by atoms with van der Waals surface area (Å²) in [6, 6.07) is 24.6. The molecule has 0 radical (unpaired) electrons. The minimum Gasteiger partial charge on any atom is -0.492 e. The maximum atomic E-state index is 12.9. The number of aryl methyl sites for hydroxylation is 2. The summed E-state index contributed by atoms with van der Waals surface area (Å²) in [4.78, 5) is 21.2. The molecule has 0 atom stereocenters. The molecule has 4 rings (SSSR count). The van der Waals surface area contributed by atoms with Crippen molar-refractivity contribution in [1.29, 1.82) is 0 Å². The number of aromatic nitrogens is 2. The first-order chi connectivity index (χ1) is 17.3. The Morgan fingerprint density at radius 3 is 2.19 bits per heavy atom. The van der Waals surface area contributed by atoms with Crippen molar-refractivity contribution in [3.05, 3.63) is 107 Å². The molecule has 0 fully saturated rings. The Labute approximate surface area is 210 Å². The summed E-state index contributed by atoms with van der Waals surface area (Å²) in [5.41, 5.74) is 3.29. The molecule has 4 aromatic rings. The molecular formula is C27H26N4O4S. The number of ether oxygens (including phenoxy) is 1. The second kappa shape index (κ2) is 11.0. The van der Waals surface area contributed by atoms with E-state index in [-0.39, 0.29) is 16.8 Å². The van der Waals surface area contributed by atoms with Crippen LogP contribution in [0.15, 0.2) is 89.8 Å². The Bertz CT molecular complexity index is 1440. The number of anilines is 2. The number of benzene rings is 3. The summed E-state index contributed by atoms with van der Waals surface area (Å²) >= 11 is 0. The molecule has 1 heterocycles. The van der Waals surface area contributed by atoms with Crippen molar-refractivity contribution >= 4 is 27.6 Å². The number of hydrogen-bond donors (Lipinski definition) is 2. The van der Waals surface area contributed by atoms with Crippen molar-refractivity contribution in [1.82, 2.24) is 9.97 Å². The molecule has 2 N–H and O–H groups in total. The second-order valence-corrected chi connectivity index (χ2v) is 9.82. The third-order valence-electron chi connectivity index (χ3n) is 5.25. The summed E-state index contributed by atoms with van der Waals surface area (Å²) in [5.74, 6) is 0.124. The number of nitrogens with one attached hydrogen (secondary N) is 2. The summed E-state index contributed by atoms with van der Waals surface area (Å²) in [5, 5.41) is 2.79. The number of carbonyl (C=O) groups excluding carboxylic acids is 1. The molecule has 1 amide bonds. The van der Waals surface area contributed by atoms with Crippen LogP contribution < -0.4 is 14.8 Å². The third kappa shape index (κ3) is 6.45. The van der Waals surface area contributed by atoms with Crippen LogP contribution in [0.2, 0.25) is 0 Å². The smallest absolute Gasteiger partial charge is 0.264 e. The van der Waals surface area contributed by atoms with E-state index < -0.39 is 10.0 Å². The van der Waals surface area contributed by atoms with Crippen molar-refractivity contribution in [2.75, 3.05) is 16.6 Å². The lowest BCUT2D eigenvalue weighted by atomic mass is 10.1. The van der Waals surface area contributed by atoms with Gasteiger partial charge in [0, 0.05) is 23.5 Å². The molecule has 0 aliphatic rings. The van der Waals surface area contributed by atoms with E-state index in [1.165, 1.54) is 24.3 Å². The first kappa shape index (κ1) is 24.9. The van der Waals surface area contributed by atoms with E-state index in [1.54, 1.807) is 44.2 Å². The molecule has 184 valence electrons. The van der Waals surface area contributed by atoms with Crippen molar-refractivity contribution in [2.45, 2.75) is 25.2 Å². The van der Waals surface area contributed by atoms with Crippen LogP contribution in [0.25, 0.3) is 0 Å². The Kier molecular flexibility index (Phi) is 7.60. The van der Waals surface area contributed by atoms with Crippen LogP contribution in [0.4, 0.5) is 11.6 Å². The van der Waals surface area contributed by atoms with Gasteiger partial charge >= 0.3 is 0 Å². The van der Waals surface area contributed by atoms with E-state index in [0.717, 1.165) is 5.56 Å². The topological polar surface area (TPSA) is 110 Å². The van der Waals surface area contributed by atoms with Gasteiger partial charge < -0.3 is 10.1 Å². The number of hydrogen-bond acceptors (Lipinski definition) is 6. The first-order valence-corrected chi connectivity index (χ1v) is 12.8. The molecule has 8 nitrogen and oxygen atoms in total. The predicted molar refractivity (Wildman–Crippen MR) is 139 cm³/mol. The zero-order chi connectivity index (χ0) is 25.5. The predicted octanol–water partition coefficient (Wildman–Crippen LogP) is 4.77. The van der Waals surface area contributed by atoms with Gasteiger partial charge in [0.05, 0.1) is 17.1 Å². The van der Waals surface area contributed by atoms with Gasteiger partial charge in [0.15, 0.2) is 0 Å². The summed E-state index contributed by atoms with van der Waals surface area (Å²) < 4.78 is 33.7. The molecular weight excluding hydrogens is 476 g/mol. The van der Waals surface area contributed by atoms with E-state index in [0.29, 0.717) is 41.4 Å². The SMILES string of the molecule is Cc1cc(C)nc(NS(=O)(=O)c2ccc(NC(=O)c3ccccc3OCCc3ccccc3)cc2)n1. The van der Waals surface area contributed by atoms with Gasteiger partial charge in [-0.05, 0) is 61.9 Å². The van der Waals surface area contributed by atoms with Gasteiger partial charge in [-0.15, -0.1) is 0 Å². The quantitative estimate of drug-likeness (QED) is 0.341. The highest BCUT2D eigenvalue weighted by molar-refractivity contribution is 7.92. The number of rotatable bonds is 9. The maximum absolute atomic E-state index is 12.9. The summed E-state index contributed by atoms with van der Waals surface area (Å²) in [6.45, 7) is 3.95. The molecule has 36 heavy (non-hydrogen) atoms. The largest absolute Gasteiger partial charge is 0.492 e. The normalized spacial score (nSPS) is 11.1. The highest BCUT2D eigenvalue weighted by Gasteiger charge is 2.17. The van der Waals surface area contributed by atoms with Gasteiger partial charge in [0.1, 0.15) is 5.75 Å². The van der Waals surface area contributed by atoms with Crippen LogP contribution in [-0.4, -0.2) is 30.9 Å². The fraction of sp³-hybridized carbons (Fsp3) is 0.148. The fourth-order valence-electron chi connectivity index (χ4n) is 3.57. The average Bonchev–Trinajstić information content (AvgIpc) is 2.84. The van der Waals surface area contributed by atoms with E-state index in [1.807, 2.05) is 30.3 Å². The highest BCUT2D eigenvalue weighted by atomic mass is 32.2. The zero-order valence-electron chi connectivity index (χ0n) is 19.9. The van der Waals surface area contributed by atoms with Crippen molar-refractivity contribution in [2.24, 2.45) is 0 Å². The van der Waals surface area contributed by atoms with Crippen molar-refractivity contribution in [3.8, 4) is 5.75 Å². The lowest BCUT2D eigenvalue weighted by Gasteiger charge is -2.12. The van der Waals surface area contributed by atoms with E-state index in [4.69, 9.17) is 4.74 Å².